The lowest BCUT2D eigenvalue weighted by Crippen LogP contribution is -1.66. The summed E-state index contributed by atoms with van der Waals surface area (Å²) in [7, 11) is -4.64. The largest absolute Gasteiger partial charge is 0.466 e. The van der Waals surface area contributed by atoms with Crippen molar-refractivity contribution in [3.05, 3.63) is 13.2 Å². The maximum Gasteiger partial charge on any atom is 0.466 e. The quantitative estimate of drug-likeness (QED) is 0.354. The molecule has 0 amide bonds. The standard InChI is InChI=1S/C2H4.2FH.H3O4P/c1-2;;;1-5(2,3)4/h1-2H2;2*1H;(H3,1,2,3,4). The van der Waals surface area contributed by atoms with Gasteiger partial charge < -0.3 is 14.7 Å². The first-order valence-electron chi connectivity index (χ1n) is 1.28. The van der Waals surface area contributed by atoms with E-state index in [0.717, 1.165) is 0 Å². The summed E-state index contributed by atoms with van der Waals surface area (Å²) in [5.41, 5.74) is 0. The molecule has 0 rings (SSSR count). The van der Waals surface area contributed by atoms with E-state index in [0.29, 0.717) is 0 Å². The highest BCUT2D eigenvalue weighted by Gasteiger charge is 2.00. The Kier molecular flexibility index (Phi) is 27.6. The van der Waals surface area contributed by atoms with Crippen LogP contribution in [0, 0.1) is 0 Å². The lowest BCUT2D eigenvalue weighted by molar-refractivity contribution is 0.275. The highest BCUT2D eigenvalue weighted by atomic mass is 31.2. The van der Waals surface area contributed by atoms with Crippen LogP contribution in [0.25, 0.3) is 0 Å². The molecule has 3 N–H and O–H groups in total. The summed E-state index contributed by atoms with van der Waals surface area (Å²) < 4.78 is 8.88. The molecule has 0 aromatic heterocycles. The molecule has 0 saturated heterocycles. The van der Waals surface area contributed by atoms with Crippen molar-refractivity contribution in [2.24, 2.45) is 0 Å². The van der Waals surface area contributed by atoms with Gasteiger partial charge in [-0.15, -0.1) is 13.2 Å². The van der Waals surface area contributed by atoms with Gasteiger partial charge in [0.05, 0.1) is 0 Å². The summed E-state index contributed by atoms with van der Waals surface area (Å²) in [6.07, 6.45) is 0. The summed E-state index contributed by atoms with van der Waals surface area (Å²) in [6.45, 7) is 6.00. The minimum absolute atomic E-state index is 0. The van der Waals surface area contributed by atoms with Gasteiger partial charge >= 0.3 is 7.82 Å². The second-order valence-corrected chi connectivity index (χ2v) is 1.54. The van der Waals surface area contributed by atoms with Crippen LogP contribution in [-0.4, -0.2) is 14.7 Å². The van der Waals surface area contributed by atoms with Crippen LogP contribution < -0.4 is 0 Å². The van der Waals surface area contributed by atoms with Crippen LogP contribution in [0.1, 0.15) is 0 Å². The normalized spacial score (nSPS) is 7.00. The van der Waals surface area contributed by atoms with Gasteiger partial charge in [0.2, 0.25) is 0 Å². The molecule has 9 heavy (non-hydrogen) atoms. The summed E-state index contributed by atoms with van der Waals surface area (Å²) >= 11 is 0. The molecule has 0 radical (unpaired) electrons. The van der Waals surface area contributed by atoms with Crippen molar-refractivity contribution < 1.29 is 28.7 Å². The Morgan fingerprint density at radius 3 is 1.00 bits per heavy atom. The predicted molar refractivity (Wildman–Crippen MR) is 30.5 cm³/mol. The van der Waals surface area contributed by atoms with Crippen molar-refractivity contribution >= 4 is 7.82 Å². The maximum absolute atomic E-state index is 8.88. The molecule has 0 aromatic carbocycles. The Hall–Kier alpha value is -0.290. The molecule has 0 aliphatic carbocycles. The van der Waals surface area contributed by atoms with E-state index >= 15 is 0 Å². The minimum atomic E-state index is -4.64. The lowest BCUT2D eigenvalue weighted by Gasteiger charge is -1.82. The Morgan fingerprint density at radius 2 is 1.00 bits per heavy atom. The van der Waals surface area contributed by atoms with E-state index < -0.39 is 7.82 Å². The highest BCUT2D eigenvalue weighted by Crippen LogP contribution is 2.25. The molecule has 0 aromatic rings. The smallest absolute Gasteiger partial charge is 0.303 e. The van der Waals surface area contributed by atoms with Crippen LogP contribution in [0.15, 0.2) is 13.2 Å². The van der Waals surface area contributed by atoms with Crippen LogP contribution >= 0.6 is 7.82 Å². The van der Waals surface area contributed by atoms with Crippen LogP contribution in [0.3, 0.4) is 0 Å². The number of rotatable bonds is 0. The monoisotopic (exact) mass is 166 g/mol. The number of halogens is 2. The fraction of sp³-hybridized carbons (Fsp3) is 0. The van der Waals surface area contributed by atoms with Gasteiger partial charge in [-0.1, -0.05) is 0 Å². The van der Waals surface area contributed by atoms with Gasteiger partial charge in [-0.05, 0) is 0 Å². The number of hydrogen-bond donors (Lipinski definition) is 3. The molecule has 0 bridgehead atoms. The van der Waals surface area contributed by atoms with E-state index in [1.165, 1.54) is 0 Å². The van der Waals surface area contributed by atoms with E-state index in [1.807, 2.05) is 0 Å². The first kappa shape index (κ1) is 23.3. The van der Waals surface area contributed by atoms with E-state index in [-0.39, 0.29) is 9.41 Å². The third-order valence-corrected chi connectivity index (χ3v) is 0. The van der Waals surface area contributed by atoms with E-state index in [1.54, 1.807) is 0 Å². The molecule has 4 nitrogen and oxygen atoms in total. The fourth-order valence-corrected chi connectivity index (χ4v) is 0. The average Bonchev–Trinajstić information content (AvgIpc) is 1.36. The summed E-state index contributed by atoms with van der Waals surface area (Å²) in [5, 5.41) is 0. The van der Waals surface area contributed by atoms with Gasteiger partial charge in [-0.3, -0.25) is 9.41 Å². The van der Waals surface area contributed by atoms with Crippen molar-refractivity contribution in [1.82, 2.24) is 0 Å². The Labute approximate surface area is 50.8 Å². The van der Waals surface area contributed by atoms with E-state index in [4.69, 9.17) is 19.2 Å². The molecular formula is C2H9F2O4P. The first-order valence-corrected chi connectivity index (χ1v) is 2.85. The van der Waals surface area contributed by atoms with Gasteiger partial charge in [0, 0.05) is 0 Å². The number of phosphoric acid groups is 1. The molecular weight excluding hydrogens is 157 g/mol. The van der Waals surface area contributed by atoms with Gasteiger partial charge in [0.15, 0.2) is 0 Å². The van der Waals surface area contributed by atoms with Crippen molar-refractivity contribution in [1.29, 1.82) is 0 Å². The third kappa shape index (κ3) is 2990. The zero-order valence-electron chi connectivity index (χ0n) is 4.43. The van der Waals surface area contributed by atoms with Crippen LogP contribution in [0.5, 0.6) is 0 Å². The van der Waals surface area contributed by atoms with Crippen molar-refractivity contribution in [3.63, 3.8) is 0 Å². The average molecular weight is 166 g/mol. The van der Waals surface area contributed by atoms with Crippen LogP contribution in [0.2, 0.25) is 0 Å². The summed E-state index contributed by atoms with van der Waals surface area (Å²) in [6, 6.07) is 0. The minimum Gasteiger partial charge on any atom is -0.303 e. The highest BCUT2D eigenvalue weighted by molar-refractivity contribution is 7.45. The zero-order valence-corrected chi connectivity index (χ0v) is 5.32. The van der Waals surface area contributed by atoms with Crippen LogP contribution in [0.4, 0.5) is 9.41 Å². The first-order chi connectivity index (χ1) is 3.00. The Bertz CT molecular complexity index is 72.4. The third-order valence-electron chi connectivity index (χ3n) is 0. The Balaban J connectivity index is -0.0000000286. The lowest BCUT2D eigenvalue weighted by atomic mass is 11.3. The van der Waals surface area contributed by atoms with Crippen LogP contribution in [-0.2, 0) is 4.57 Å². The molecule has 0 heterocycles. The molecule has 60 valence electrons. The van der Waals surface area contributed by atoms with Gasteiger partial charge in [0.1, 0.15) is 0 Å². The number of hydrogen-bond acceptors (Lipinski definition) is 1. The van der Waals surface area contributed by atoms with E-state index in [2.05, 4.69) is 13.2 Å². The second kappa shape index (κ2) is 10.6. The molecule has 0 spiro atoms. The van der Waals surface area contributed by atoms with Gasteiger partial charge in [-0.25, -0.2) is 4.57 Å². The molecule has 7 heteroatoms. The predicted octanol–water partition coefficient (Wildman–Crippen LogP) is 0.179. The topological polar surface area (TPSA) is 77.8 Å². The summed E-state index contributed by atoms with van der Waals surface area (Å²) in [5.74, 6) is 0. The van der Waals surface area contributed by atoms with Crippen molar-refractivity contribution in [2.45, 2.75) is 0 Å². The fourth-order valence-electron chi connectivity index (χ4n) is 0. The van der Waals surface area contributed by atoms with Crippen molar-refractivity contribution in [3.8, 4) is 0 Å². The molecule has 0 atom stereocenters. The maximum atomic E-state index is 8.88. The second-order valence-electron chi connectivity index (χ2n) is 0.513. The molecule has 0 fully saturated rings. The molecule has 0 aliphatic rings. The van der Waals surface area contributed by atoms with Gasteiger partial charge in [0.25, 0.3) is 0 Å². The van der Waals surface area contributed by atoms with Gasteiger partial charge in [-0.2, -0.15) is 0 Å². The van der Waals surface area contributed by atoms with Crippen molar-refractivity contribution in [2.75, 3.05) is 0 Å². The SMILES string of the molecule is C=C.F.F.O=P(O)(O)O. The molecule has 0 saturated carbocycles. The summed E-state index contributed by atoms with van der Waals surface area (Å²) in [4.78, 5) is 21.6. The molecule has 0 unspecified atom stereocenters. The zero-order chi connectivity index (χ0) is 6.50. The van der Waals surface area contributed by atoms with E-state index in [9.17, 15) is 0 Å². The Morgan fingerprint density at radius 1 is 1.00 bits per heavy atom. The molecule has 0 aliphatic heterocycles.